The van der Waals surface area contributed by atoms with E-state index in [0.717, 1.165) is 63.7 Å². The van der Waals surface area contributed by atoms with Crippen molar-refractivity contribution in [2.45, 2.75) is 374 Å². The van der Waals surface area contributed by atoms with Crippen molar-refractivity contribution in [3.8, 4) is 0 Å². The summed E-state index contributed by atoms with van der Waals surface area (Å²) in [6.45, 7) is 9.09. The van der Waals surface area contributed by atoms with Crippen LogP contribution in [0.5, 0.6) is 0 Å². The fourth-order valence-electron chi connectivity index (χ4n) is 9.99. The zero-order chi connectivity index (χ0) is 50.9. The van der Waals surface area contributed by atoms with E-state index in [2.05, 4.69) is 27.7 Å². The quantitative estimate of drug-likeness (QED) is 0.0343. The SMILES string of the molecule is CCCCCCCCCCCCCCCCCCCCC(=O)OC[C@@H](COC(=O)CCCCCCCCCCCCCCCC(C)C)OC(=O)CCCCCCCCCCCCCCCCCCCC. The van der Waals surface area contributed by atoms with Crippen molar-refractivity contribution in [1.82, 2.24) is 0 Å². The molecule has 0 unspecified atom stereocenters. The van der Waals surface area contributed by atoms with Gasteiger partial charge in [-0.15, -0.1) is 0 Å². The maximum absolute atomic E-state index is 12.9. The topological polar surface area (TPSA) is 78.9 Å². The van der Waals surface area contributed by atoms with Crippen molar-refractivity contribution >= 4 is 17.9 Å². The minimum atomic E-state index is -0.763. The molecule has 70 heavy (non-hydrogen) atoms. The minimum absolute atomic E-state index is 0.0612. The Morgan fingerprint density at radius 2 is 0.471 bits per heavy atom. The van der Waals surface area contributed by atoms with Crippen molar-refractivity contribution in [3.63, 3.8) is 0 Å². The molecule has 0 rings (SSSR count). The van der Waals surface area contributed by atoms with E-state index in [1.165, 1.54) is 263 Å². The van der Waals surface area contributed by atoms with Crippen LogP contribution in [0.1, 0.15) is 368 Å². The Morgan fingerprint density at radius 1 is 0.271 bits per heavy atom. The number of rotatable bonds is 59. The van der Waals surface area contributed by atoms with Gasteiger partial charge in [0.25, 0.3) is 0 Å². The summed E-state index contributed by atoms with van der Waals surface area (Å²) < 4.78 is 17.0. The zero-order valence-corrected chi connectivity index (χ0v) is 48.0. The maximum atomic E-state index is 12.9. The van der Waals surface area contributed by atoms with Crippen molar-refractivity contribution in [2.24, 2.45) is 5.92 Å². The summed E-state index contributed by atoms with van der Waals surface area (Å²) >= 11 is 0. The average molecular weight is 990 g/mol. The van der Waals surface area contributed by atoms with Gasteiger partial charge in [-0.25, -0.2) is 0 Å². The predicted molar refractivity (Wildman–Crippen MR) is 303 cm³/mol. The average Bonchev–Trinajstić information content (AvgIpc) is 3.35. The summed E-state index contributed by atoms with van der Waals surface area (Å²) in [5.41, 5.74) is 0. The molecule has 0 spiro atoms. The van der Waals surface area contributed by atoms with Gasteiger partial charge in [-0.3, -0.25) is 14.4 Å². The van der Waals surface area contributed by atoms with Gasteiger partial charge in [0.05, 0.1) is 0 Å². The second-order valence-corrected chi connectivity index (χ2v) is 22.5. The molecule has 6 nitrogen and oxygen atoms in total. The summed E-state index contributed by atoms with van der Waals surface area (Å²) in [5.74, 6) is 0.0119. The summed E-state index contributed by atoms with van der Waals surface area (Å²) in [6.07, 6.45) is 65.3. The summed E-state index contributed by atoms with van der Waals surface area (Å²) in [6, 6.07) is 0. The smallest absolute Gasteiger partial charge is 0.306 e. The molecule has 6 heteroatoms. The van der Waals surface area contributed by atoms with Crippen LogP contribution in [0.25, 0.3) is 0 Å². The first-order valence-electron chi connectivity index (χ1n) is 31.9. The Hall–Kier alpha value is -1.59. The molecular formula is C64H124O6. The predicted octanol–water partition coefficient (Wildman–Crippen LogP) is 21.4. The van der Waals surface area contributed by atoms with Gasteiger partial charge in [-0.1, -0.05) is 329 Å². The Bertz CT molecular complexity index is 1060. The lowest BCUT2D eigenvalue weighted by Gasteiger charge is -2.18. The first kappa shape index (κ1) is 68.4. The van der Waals surface area contributed by atoms with Crippen LogP contribution >= 0.6 is 0 Å². The second kappa shape index (κ2) is 58.3. The Labute approximate surface area is 438 Å². The van der Waals surface area contributed by atoms with E-state index >= 15 is 0 Å². The first-order chi connectivity index (χ1) is 34.4. The van der Waals surface area contributed by atoms with Crippen molar-refractivity contribution in [1.29, 1.82) is 0 Å². The van der Waals surface area contributed by atoms with E-state index < -0.39 is 6.10 Å². The van der Waals surface area contributed by atoms with Crippen LogP contribution in [0.3, 0.4) is 0 Å². The summed E-state index contributed by atoms with van der Waals surface area (Å²) in [7, 11) is 0. The maximum Gasteiger partial charge on any atom is 0.306 e. The molecule has 0 bridgehead atoms. The molecule has 0 amide bonds. The number of carbonyl (C=O) groups excluding carboxylic acids is 3. The van der Waals surface area contributed by atoms with Crippen LogP contribution in [0.15, 0.2) is 0 Å². The molecule has 0 fully saturated rings. The Morgan fingerprint density at radius 3 is 0.700 bits per heavy atom. The molecule has 0 radical (unpaired) electrons. The molecule has 0 aliphatic heterocycles. The highest BCUT2D eigenvalue weighted by Gasteiger charge is 2.19. The molecule has 1 atom stereocenters. The highest BCUT2D eigenvalue weighted by atomic mass is 16.6. The number of hydrogen-bond acceptors (Lipinski definition) is 6. The lowest BCUT2D eigenvalue weighted by Crippen LogP contribution is -2.30. The van der Waals surface area contributed by atoms with Gasteiger partial charge in [0.1, 0.15) is 13.2 Å². The highest BCUT2D eigenvalue weighted by Crippen LogP contribution is 2.19. The summed E-state index contributed by atoms with van der Waals surface area (Å²) in [4.78, 5) is 38.3. The fourth-order valence-corrected chi connectivity index (χ4v) is 9.99. The largest absolute Gasteiger partial charge is 0.462 e. The van der Waals surface area contributed by atoms with Crippen LogP contribution in [-0.2, 0) is 28.6 Å². The van der Waals surface area contributed by atoms with E-state index in [-0.39, 0.29) is 31.1 Å². The van der Waals surface area contributed by atoms with E-state index in [9.17, 15) is 14.4 Å². The van der Waals surface area contributed by atoms with Crippen LogP contribution < -0.4 is 0 Å². The zero-order valence-electron chi connectivity index (χ0n) is 48.0. The molecule has 0 saturated heterocycles. The lowest BCUT2D eigenvalue weighted by atomic mass is 10.0. The van der Waals surface area contributed by atoms with E-state index in [1.54, 1.807) is 0 Å². The van der Waals surface area contributed by atoms with Gasteiger partial charge in [0.15, 0.2) is 6.10 Å². The number of hydrogen-bond donors (Lipinski definition) is 0. The molecule has 0 aliphatic carbocycles. The minimum Gasteiger partial charge on any atom is -0.462 e. The second-order valence-electron chi connectivity index (χ2n) is 22.5. The third kappa shape index (κ3) is 57.3. The standard InChI is InChI=1S/C64H124O6/c1-5-7-9-11-13-15-17-19-21-23-25-27-31-35-39-43-47-51-55-62(65)68-58-61(59-69-63(66)56-52-48-44-40-36-33-29-30-34-38-42-46-50-54-60(3)4)70-64(67)57-53-49-45-41-37-32-28-26-24-22-20-18-16-14-12-10-8-6-2/h60-61H,5-59H2,1-4H3/t61-/m0/s1. The van der Waals surface area contributed by atoms with Gasteiger partial charge >= 0.3 is 17.9 Å². The van der Waals surface area contributed by atoms with Gasteiger partial charge in [0, 0.05) is 19.3 Å². The third-order valence-electron chi connectivity index (χ3n) is 14.8. The normalized spacial score (nSPS) is 12.0. The Kier molecular flexibility index (Phi) is 57.0. The van der Waals surface area contributed by atoms with Crippen molar-refractivity contribution < 1.29 is 28.6 Å². The highest BCUT2D eigenvalue weighted by molar-refractivity contribution is 5.71. The van der Waals surface area contributed by atoms with Crippen LogP contribution in [-0.4, -0.2) is 37.2 Å². The number of ether oxygens (including phenoxy) is 3. The van der Waals surface area contributed by atoms with Crippen molar-refractivity contribution in [3.05, 3.63) is 0 Å². The van der Waals surface area contributed by atoms with E-state index in [1.807, 2.05) is 0 Å². The monoisotopic (exact) mass is 989 g/mol. The molecule has 0 aromatic rings. The van der Waals surface area contributed by atoms with Crippen LogP contribution in [0.2, 0.25) is 0 Å². The molecule has 0 aromatic carbocycles. The molecular weight excluding hydrogens is 865 g/mol. The van der Waals surface area contributed by atoms with Gasteiger partial charge < -0.3 is 14.2 Å². The number of esters is 3. The van der Waals surface area contributed by atoms with Gasteiger partial charge in [0.2, 0.25) is 0 Å². The molecule has 0 aromatic heterocycles. The fraction of sp³-hybridized carbons (Fsp3) is 0.953. The van der Waals surface area contributed by atoms with E-state index in [4.69, 9.17) is 14.2 Å². The Balaban J connectivity index is 4.29. The first-order valence-corrected chi connectivity index (χ1v) is 31.9. The van der Waals surface area contributed by atoms with E-state index in [0.29, 0.717) is 19.3 Å². The van der Waals surface area contributed by atoms with Crippen LogP contribution in [0, 0.1) is 5.92 Å². The summed E-state index contributed by atoms with van der Waals surface area (Å²) in [5, 5.41) is 0. The molecule has 0 saturated carbocycles. The third-order valence-corrected chi connectivity index (χ3v) is 14.8. The van der Waals surface area contributed by atoms with Crippen LogP contribution in [0.4, 0.5) is 0 Å². The molecule has 416 valence electrons. The lowest BCUT2D eigenvalue weighted by molar-refractivity contribution is -0.167. The number of carbonyl (C=O) groups is 3. The molecule has 0 N–H and O–H groups in total. The van der Waals surface area contributed by atoms with Gasteiger partial charge in [-0.2, -0.15) is 0 Å². The number of unbranched alkanes of at least 4 members (excludes halogenated alkanes) is 46. The molecule has 0 heterocycles. The van der Waals surface area contributed by atoms with Gasteiger partial charge in [-0.05, 0) is 25.2 Å². The van der Waals surface area contributed by atoms with Crippen molar-refractivity contribution in [2.75, 3.05) is 13.2 Å². The molecule has 0 aliphatic rings.